The summed E-state index contributed by atoms with van der Waals surface area (Å²) >= 11 is 6.03. The maximum atomic E-state index is 13.1. The van der Waals surface area contributed by atoms with Crippen molar-refractivity contribution in [3.8, 4) is 0 Å². The molecule has 0 aliphatic rings. The van der Waals surface area contributed by atoms with E-state index in [1.165, 1.54) is 12.1 Å². The molecule has 0 bridgehead atoms. The summed E-state index contributed by atoms with van der Waals surface area (Å²) in [5.74, 6) is -0.275. The number of rotatable bonds is 4. The van der Waals surface area contributed by atoms with E-state index in [0.29, 0.717) is 11.6 Å². The van der Waals surface area contributed by atoms with Crippen molar-refractivity contribution in [1.29, 1.82) is 0 Å². The van der Waals surface area contributed by atoms with Crippen LogP contribution in [0.15, 0.2) is 42.5 Å². The summed E-state index contributed by atoms with van der Waals surface area (Å²) in [5.41, 5.74) is 2.83. The van der Waals surface area contributed by atoms with E-state index in [4.69, 9.17) is 11.6 Å². The minimum absolute atomic E-state index is 0.275. The van der Waals surface area contributed by atoms with E-state index in [2.05, 4.69) is 5.32 Å². The minimum Gasteiger partial charge on any atom is -0.381 e. The molecule has 0 heterocycles. The normalized spacial score (nSPS) is 10.3. The predicted molar refractivity (Wildman–Crippen MR) is 79.5 cm³/mol. The third-order valence-electron chi connectivity index (χ3n) is 2.85. The van der Waals surface area contributed by atoms with Gasteiger partial charge in [-0.1, -0.05) is 17.7 Å². The van der Waals surface area contributed by atoms with Crippen LogP contribution >= 0.6 is 11.6 Å². The Labute approximate surface area is 117 Å². The lowest BCUT2D eigenvalue weighted by Gasteiger charge is -2.14. The lowest BCUT2D eigenvalue weighted by Crippen LogP contribution is -2.09. The van der Waals surface area contributed by atoms with Crippen molar-refractivity contribution in [2.45, 2.75) is 6.54 Å². The van der Waals surface area contributed by atoms with Crippen LogP contribution in [0.3, 0.4) is 0 Å². The first-order valence-corrected chi connectivity index (χ1v) is 6.39. The summed E-state index contributed by atoms with van der Waals surface area (Å²) in [4.78, 5) is 2.03. The molecule has 0 atom stereocenters. The van der Waals surface area contributed by atoms with E-state index in [1.807, 2.05) is 43.3 Å². The van der Waals surface area contributed by atoms with E-state index < -0.39 is 0 Å². The number of nitrogens with one attached hydrogen (secondary N) is 1. The molecule has 0 fully saturated rings. The smallest absolute Gasteiger partial charge is 0.123 e. The zero-order valence-electron chi connectivity index (χ0n) is 11.0. The largest absolute Gasteiger partial charge is 0.381 e. The molecular weight excluding hydrogens is 263 g/mol. The highest BCUT2D eigenvalue weighted by Crippen LogP contribution is 2.21. The van der Waals surface area contributed by atoms with Crippen molar-refractivity contribution in [1.82, 2.24) is 0 Å². The Hall–Kier alpha value is -1.74. The zero-order valence-corrected chi connectivity index (χ0v) is 11.7. The Morgan fingerprint density at radius 3 is 2.68 bits per heavy atom. The number of nitrogens with zero attached hydrogens (tertiary/aromatic N) is 1. The molecule has 2 aromatic carbocycles. The van der Waals surface area contributed by atoms with Crippen molar-refractivity contribution in [2.24, 2.45) is 0 Å². The summed E-state index contributed by atoms with van der Waals surface area (Å²) in [6.45, 7) is 0.494. The van der Waals surface area contributed by atoms with E-state index in [-0.39, 0.29) is 5.82 Å². The Balaban J connectivity index is 2.10. The summed E-state index contributed by atoms with van der Waals surface area (Å²) in [6.07, 6.45) is 0. The Morgan fingerprint density at radius 2 is 1.95 bits per heavy atom. The van der Waals surface area contributed by atoms with Gasteiger partial charge in [0.15, 0.2) is 0 Å². The standard InChI is InChI=1S/C15H16ClFN2/c1-19(2)14-5-3-4-13(9-14)18-10-11-8-12(17)6-7-15(11)16/h3-9,18H,10H2,1-2H3. The lowest BCUT2D eigenvalue weighted by atomic mass is 10.2. The number of hydrogen-bond donors (Lipinski definition) is 1. The van der Waals surface area contributed by atoms with Crippen LogP contribution < -0.4 is 10.2 Å². The highest BCUT2D eigenvalue weighted by Gasteiger charge is 2.03. The highest BCUT2D eigenvalue weighted by atomic mass is 35.5. The highest BCUT2D eigenvalue weighted by molar-refractivity contribution is 6.31. The molecule has 0 aliphatic heterocycles. The quantitative estimate of drug-likeness (QED) is 0.903. The summed E-state index contributed by atoms with van der Waals surface area (Å²) in [5, 5.41) is 3.81. The van der Waals surface area contributed by atoms with Crippen molar-refractivity contribution in [3.05, 3.63) is 58.9 Å². The second kappa shape index (κ2) is 5.93. The van der Waals surface area contributed by atoms with Gasteiger partial charge in [0.1, 0.15) is 5.82 Å². The van der Waals surface area contributed by atoms with Crippen LogP contribution in [0.5, 0.6) is 0 Å². The molecule has 0 saturated heterocycles. The molecule has 100 valence electrons. The second-order valence-electron chi connectivity index (χ2n) is 4.53. The Kier molecular flexibility index (Phi) is 4.27. The summed E-state index contributed by atoms with van der Waals surface area (Å²) in [7, 11) is 3.98. The molecule has 19 heavy (non-hydrogen) atoms. The van der Waals surface area contributed by atoms with Crippen molar-refractivity contribution in [3.63, 3.8) is 0 Å². The van der Waals surface area contributed by atoms with Gasteiger partial charge >= 0.3 is 0 Å². The van der Waals surface area contributed by atoms with Gasteiger partial charge in [0.25, 0.3) is 0 Å². The fraction of sp³-hybridized carbons (Fsp3) is 0.200. The molecule has 0 aromatic heterocycles. The van der Waals surface area contributed by atoms with Crippen molar-refractivity contribution < 1.29 is 4.39 Å². The maximum Gasteiger partial charge on any atom is 0.123 e. The first kappa shape index (κ1) is 13.7. The first-order valence-electron chi connectivity index (χ1n) is 6.01. The summed E-state index contributed by atoms with van der Waals surface area (Å²) < 4.78 is 13.1. The molecular formula is C15H16ClFN2. The van der Waals surface area contributed by atoms with E-state index >= 15 is 0 Å². The third kappa shape index (κ3) is 3.61. The van der Waals surface area contributed by atoms with Gasteiger partial charge in [0.05, 0.1) is 0 Å². The molecule has 2 aromatic rings. The fourth-order valence-corrected chi connectivity index (χ4v) is 1.95. The van der Waals surface area contributed by atoms with Crippen LogP contribution in [0, 0.1) is 5.82 Å². The van der Waals surface area contributed by atoms with Gasteiger partial charge in [0.2, 0.25) is 0 Å². The molecule has 0 unspecified atom stereocenters. The van der Waals surface area contributed by atoms with Gasteiger partial charge in [0, 0.05) is 37.0 Å². The molecule has 2 rings (SSSR count). The van der Waals surface area contributed by atoms with Crippen LogP contribution in [0.1, 0.15) is 5.56 Å². The summed E-state index contributed by atoms with van der Waals surface area (Å²) in [6, 6.07) is 12.4. The van der Waals surface area contributed by atoms with Gasteiger partial charge in [-0.25, -0.2) is 4.39 Å². The number of anilines is 2. The van der Waals surface area contributed by atoms with Gasteiger partial charge in [-0.3, -0.25) is 0 Å². The monoisotopic (exact) mass is 278 g/mol. The first-order chi connectivity index (χ1) is 9.06. The molecule has 0 radical (unpaired) electrons. The third-order valence-corrected chi connectivity index (χ3v) is 3.22. The zero-order chi connectivity index (χ0) is 13.8. The molecule has 0 saturated carbocycles. The molecule has 4 heteroatoms. The molecule has 2 nitrogen and oxygen atoms in total. The van der Waals surface area contributed by atoms with Crippen LogP contribution in [0.2, 0.25) is 5.02 Å². The topological polar surface area (TPSA) is 15.3 Å². The van der Waals surface area contributed by atoms with Gasteiger partial charge < -0.3 is 10.2 Å². The van der Waals surface area contributed by atoms with Gasteiger partial charge in [-0.2, -0.15) is 0 Å². The Bertz CT molecular complexity index is 570. The van der Waals surface area contributed by atoms with Crippen LogP contribution in [-0.4, -0.2) is 14.1 Å². The van der Waals surface area contributed by atoms with Crippen molar-refractivity contribution >= 4 is 23.0 Å². The number of benzene rings is 2. The van der Waals surface area contributed by atoms with Crippen LogP contribution in [0.4, 0.5) is 15.8 Å². The molecule has 0 spiro atoms. The number of hydrogen-bond acceptors (Lipinski definition) is 2. The van der Waals surface area contributed by atoms with Gasteiger partial charge in [-0.15, -0.1) is 0 Å². The van der Waals surface area contributed by atoms with Crippen LogP contribution in [0.25, 0.3) is 0 Å². The minimum atomic E-state index is -0.275. The molecule has 0 amide bonds. The van der Waals surface area contributed by atoms with Gasteiger partial charge in [-0.05, 0) is 42.0 Å². The predicted octanol–water partition coefficient (Wildman–Crippen LogP) is 4.16. The van der Waals surface area contributed by atoms with E-state index in [1.54, 1.807) is 6.07 Å². The second-order valence-corrected chi connectivity index (χ2v) is 4.94. The maximum absolute atomic E-state index is 13.1. The van der Waals surface area contributed by atoms with E-state index in [0.717, 1.165) is 16.9 Å². The van der Waals surface area contributed by atoms with E-state index in [9.17, 15) is 4.39 Å². The molecule has 0 aliphatic carbocycles. The SMILES string of the molecule is CN(C)c1cccc(NCc2cc(F)ccc2Cl)c1. The Morgan fingerprint density at radius 1 is 1.16 bits per heavy atom. The molecule has 1 N–H and O–H groups in total. The number of halogens is 2. The average Bonchev–Trinajstić information content (AvgIpc) is 2.40. The van der Waals surface area contributed by atoms with Crippen molar-refractivity contribution in [2.75, 3.05) is 24.3 Å². The average molecular weight is 279 g/mol. The fourth-order valence-electron chi connectivity index (χ4n) is 1.77. The van der Waals surface area contributed by atoms with Crippen LogP contribution in [-0.2, 0) is 6.54 Å². The lowest BCUT2D eigenvalue weighted by molar-refractivity contribution is 0.626.